The van der Waals surface area contributed by atoms with Crippen molar-refractivity contribution in [1.29, 1.82) is 0 Å². The molecule has 15 nitrogen and oxygen atoms in total. The summed E-state index contributed by atoms with van der Waals surface area (Å²) in [6.07, 6.45) is 18.8. The third kappa shape index (κ3) is 8.46. The molecule has 6 aliphatic rings. The lowest BCUT2D eigenvalue weighted by molar-refractivity contribution is 0.303. The van der Waals surface area contributed by atoms with Crippen molar-refractivity contribution in [2.24, 2.45) is 0 Å². The van der Waals surface area contributed by atoms with Gasteiger partial charge in [-0.15, -0.1) is 10.2 Å². The number of rotatable bonds is 14. The number of aryl methyl sites for hydroxylation is 4. The number of nitrogens with zero attached hydrogens (tertiary/aromatic N) is 10. The smallest absolute Gasteiger partial charge is 0.247 e. The third-order valence-electron chi connectivity index (χ3n) is 14.6. The van der Waals surface area contributed by atoms with Crippen LogP contribution in [0.2, 0.25) is 0 Å². The molecule has 2 fully saturated rings. The van der Waals surface area contributed by atoms with Crippen molar-refractivity contribution in [2.45, 2.75) is 161 Å². The fraction of sp³-hybridized carbons (Fsp3) is 0.542. The van der Waals surface area contributed by atoms with Crippen LogP contribution < -0.4 is 10.6 Å². The summed E-state index contributed by atoms with van der Waals surface area (Å²) in [6, 6.07) is 10.5. The van der Waals surface area contributed by atoms with Crippen molar-refractivity contribution < 1.29 is 4.21 Å². The first kappa shape index (κ1) is 42.8. The normalized spacial score (nSPS) is 18.6. The average molecular weight is 915 g/mol. The Bertz CT molecular complexity index is 2710. The molecule has 0 saturated heterocycles. The molecule has 4 heterocycles. The van der Waals surface area contributed by atoms with Gasteiger partial charge < -0.3 is 20.4 Å². The molecule has 65 heavy (non-hydrogen) atoms. The molecule has 6 aliphatic carbocycles. The van der Waals surface area contributed by atoms with Gasteiger partial charge in [0.2, 0.25) is 22.2 Å². The van der Waals surface area contributed by atoms with Crippen LogP contribution >= 0.6 is 11.8 Å². The summed E-state index contributed by atoms with van der Waals surface area (Å²) < 4.78 is 17.6. The highest BCUT2D eigenvalue weighted by Gasteiger charge is 2.33. The molecule has 0 amide bonds. The minimum atomic E-state index is -1.51. The molecular weight excluding hydrogens is 853 g/mol. The molecule has 0 aliphatic heterocycles. The first-order chi connectivity index (χ1) is 31.6. The van der Waals surface area contributed by atoms with E-state index in [2.05, 4.69) is 115 Å². The molecule has 0 bridgehead atoms. The second-order valence-corrected chi connectivity index (χ2v) is 21.8. The van der Waals surface area contributed by atoms with Crippen LogP contribution in [0.15, 0.2) is 44.6 Å². The Hall–Kier alpha value is -4.84. The van der Waals surface area contributed by atoms with Crippen molar-refractivity contribution in [3.05, 3.63) is 80.2 Å². The second kappa shape index (κ2) is 17.4. The summed E-state index contributed by atoms with van der Waals surface area (Å²) in [6.45, 7) is 4.38. The lowest BCUT2D eigenvalue weighted by atomic mass is 9.99. The van der Waals surface area contributed by atoms with Gasteiger partial charge in [0.05, 0.1) is 23.5 Å². The molecule has 4 aromatic heterocycles. The lowest BCUT2D eigenvalue weighted by Crippen LogP contribution is -2.20. The van der Waals surface area contributed by atoms with Crippen LogP contribution in [0, 0.1) is 0 Å². The zero-order valence-electron chi connectivity index (χ0n) is 38.6. The van der Waals surface area contributed by atoms with E-state index in [-0.39, 0.29) is 6.04 Å². The zero-order valence-corrected chi connectivity index (χ0v) is 40.3. The van der Waals surface area contributed by atoms with E-state index < -0.39 is 10.8 Å². The fourth-order valence-electron chi connectivity index (χ4n) is 10.4. The van der Waals surface area contributed by atoms with E-state index in [1.54, 1.807) is 0 Å². The maximum absolute atomic E-state index is 13.3. The Kier molecular flexibility index (Phi) is 11.5. The van der Waals surface area contributed by atoms with Crippen molar-refractivity contribution in [3.8, 4) is 0 Å². The highest BCUT2D eigenvalue weighted by atomic mass is 32.2. The van der Waals surface area contributed by atoms with Crippen molar-refractivity contribution in [1.82, 2.24) is 59.7 Å². The van der Waals surface area contributed by atoms with E-state index in [0.717, 1.165) is 68.0 Å². The van der Waals surface area contributed by atoms with Gasteiger partial charge in [0.15, 0.2) is 5.03 Å². The van der Waals surface area contributed by atoms with Crippen molar-refractivity contribution in [3.63, 3.8) is 0 Å². The van der Waals surface area contributed by atoms with Gasteiger partial charge in [0.25, 0.3) is 0 Å². The Morgan fingerprint density at radius 3 is 1.68 bits per heavy atom. The van der Waals surface area contributed by atoms with Gasteiger partial charge in [0.1, 0.15) is 15.8 Å². The standard InChI is InChI=1S/C24H31N7OS.C24H31N7S/c1-14(30(2)3)20-13-21(29-31(20)17-10-11-17)33(32)24-26-23(27-28-24)25-22-18-8-4-6-15(18)12-16-7-5-9-19(16)22;1-14(30(2)3)20-13-21(29-31(20)17-10-11-17)32-24-26-23(27-28-24)25-22-18-8-4-6-15(18)12-16-7-5-9-19(16)22/h12-14,17H,4-11H2,1-3H3,(H2,25,26,27,28);12-14,17H,4-11H2,1-3H3,(H2,25,26,27,28). The van der Waals surface area contributed by atoms with E-state index in [1.165, 1.54) is 125 Å². The SMILES string of the molecule is CC(c1cc(S(=O)c2nc(Nc3c4c(cc5c3CCC5)CCC4)n[nH]2)nn1C1CC1)N(C)C.CC(c1cc(Sc2n[nH]c(Nc3c4c(cc5c3CCC5)CCC4)n2)nn1C1CC1)N(C)C. The number of fused-ring (bicyclic) bond motifs is 4. The van der Waals surface area contributed by atoms with E-state index in [4.69, 9.17) is 15.2 Å². The Labute approximate surface area is 388 Å². The van der Waals surface area contributed by atoms with Gasteiger partial charge in [-0.1, -0.05) is 12.1 Å². The number of anilines is 4. The molecule has 2 aromatic carbocycles. The summed E-state index contributed by atoms with van der Waals surface area (Å²) in [5.74, 6) is 1.21. The van der Waals surface area contributed by atoms with E-state index in [9.17, 15) is 4.21 Å². The number of hydrogen-bond donors (Lipinski definition) is 4. The molecule has 12 rings (SSSR count). The monoisotopic (exact) mass is 914 g/mol. The largest absolute Gasteiger partial charge is 0.324 e. The van der Waals surface area contributed by atoms with Gasteiger partial charge in [-0.3, -0.25) is 9.36 Å². The maximum Gasteiger partial charge on any atom is 0.247 e. The Morgan fingerprint density at radius 2 is 1.15 bits per heavy atom. The van der Waals surface area contributed by atoms with E-state index in [0.29, 0.717) is 39.4 Å². The summed E-state index contributed by atoms with van der Waals surface area (Å²) in [5, 5.41) is 34.1. The number of aromatic amines is 2. The fourth-order valence-corrected chi connectivity index (χ4v) is 12.0. The molecule has 2 saturated carbocycles. The summed E-state index contributed by atoms with van der Waals surface area (Å²) in [5.41, 5.74) is 16.6. The predicted octanol–water partition coefficient (Wildman–Crippen LogP) is 8.68. The molecular formula is C48H62N14OS2. The third-order valence-corrected chi connectivity index (χ3v) is 16.5. The predicted molar refractivity (Wildman–Crippen MR) is 254 cm³/mol. The van der Waals surface area contributed by atoms with Gasteiger partial charge in [-0.05, 0) is 213 Å². The van der Waals surface area contributed by atoms with Crippen LogP contribution in [-0.4, -0.2) is 92.1 Å². The highest BCUT2D eigenvalue weighted by Crippen LogP contribution is 2.43. The highest BCUT2D eigenvalue weighted by molar-refractivity contribution is 7.99. The van der Waals surface area contributed by atoms with Crippen LogP contribution in [0.25, 0.3) is 0 Å². The number of H-pyrrole nitrogens is 2. The molecule has 3 atom stereocenters. The first-order valence-electron chi connectivity index (χ1n) is 23.9. The van der Waals surface area contributed by atoms with Crippen LogP contribution in [0.1, 0.15) is 145 Å². The Morgan fingerprint density at radius 1 is 0.646 bits per heavy atom. The molecule has 0 spiro atoms. The molecule has 0 radical (unpaired) electrons. The second-order valence-electron chi connectivity index (χ2n) is 19.5. The number of hydrogen-bond acceptors (Lipinski definition) is 12. The minimum absolute atomic E-state index is 0.193. The molecule has 342 valence electrons. The van der Waals surface area contributed by atoms with E-state index >= 15 is 0 Å². The first-order valence-corrected chi connectivity index (χ1v) is 25.9. The Balaban J connectivity index is 0.000000144. The van der Waals surface area contributed by atoms with Crippen LogP contribution in [-0.2, 0) is 62.2 Å². The van der Waals surface area contributed by atoms with E-state index in [1.807, 2.05) is 6.07 Å². The summed E-state index contributed by atoms with van der Waals surface area (Å²) in [7, 11) is 6.83. The number of aromatic nitrogens is 10. The lowest BCUT2D eigenvalue weighted by Gasteiger charge is -2.20. The number of nitrogens with one attached hydrogen (secondary N) is 4. The van der Waals surface area contributed by atoms with Crippen LogP contribution in [0.3, 0.4) is 0 Å². The van der Waals surface area contributed by atoms with Gasteiger partial charge in [-0.2, -0.15) is 20.2 Å². The zero-order chi connectivity index (χ0) is 44.5. The van der Waals surface area contributed by atoms with Gasteiger partial charge in [-0.25, -0.2) is 14.4 Å². The molecule has 4 N–H and O–H groups in total. The molecule has 3 unspecified atom stereocenters. The average Bonchev–Trinajstić information content (AvgIpc) is 3.83. The van der Waals surface area contributed by atoms with Crippen molar-refractivity contribution in [2.75, 3.05) is 38.8 Å². The van der Waals surface area contributed by atoms with Crippen LogP contribution in [0.4, 0.5) is 23.3 Å². The van der Waals surface area contributed by atoms with Crippen molar-refractivity contribution >= 4 is 45.8 Å². The molecule has 6 aromatic rings. The topological polar surface area (TPSA) is 166 Å². The number of benzene rings is 2. The summed E-state index contributed by atoms with van der Waals surface area (Å²) >= 11 is 1.54. The minimum Gasteiger partial charge on any atom is -0.324 e. The maximum atomic E-state index is 13.3. The van der Waals surface area contributed by atoms with Crippen LogP contribution in [0.5, 0.6) is 0 Å². The molecule has 17 heteroatoms. The summed E-state index contributed by atoms with van der Waals surface area (Å²) in [4.78, 5) is 13.7. The van der Waals surface area contributed by atoms with Gasteiger partial charge >= 0.3 is 0 Å². The quantitative estimate of drug-likeness (QED) is 0.0823. The van der Waals surface area contributed by atoms with Gasteiger partial charge in [0, 0.05) is 23.5 Å².